The number of rotatable bonds is 5. The van der Waals surface area contributed by atoms with E-state index in [0.29, 0.717) is 16.3 Å². The Morgan fingerprint density at radius 1 is 0.425 bits per heavy atom. The van der Waals surface area contributed by atoms with E-state index in [1.165, 1.54) is 43.7 Å². The van der Waals surface area contributed by atoms with Crippen molar-refractivity contribution < 1.29 is 127 Å². The predicted molar refractivity (Wildman–Crippen MR) is 264 cm³/mol. The Bertz CT molecular complexity index is 3130. The van der Waals surface area contributed by atoms with E-state index in [9.17, 15) is 26.3 Å². The molecule has 0 aliphatic heterocycles. The number of pyridine rings is 5. The molecule has 0 aliphatic rings. The Hall–Kier alpha value is -3.44. The molecule has 5 radical (unpaired) electrons. The molecule has 0 spiro atoms. The number of fused-ring (bicyclic) bond motifs is 1. The van der Waals surface area contributed by atoms with Crippen LogP contribution in [0.15, 0.2) is 175 Å². The summed E-state index contributed by atoms with van der Waals surface area (Å²) in [4.78, 5) is 26.3. The summed E-state index contributed by atoms with van der Waals surface area (Å²) < 4.78 is 75.0. The first kappa shape index (κ1) is 65.7. The van der Waals surface area contributed by atoms with E-state index in [2.05, 4.69) is 80.4 Å². The molecule has 0 saturated heterocycles. The maximum Gasteiger partial charge on any atom is 0.417 e. The maximum atomic E-state index is 12.4. The second-order valence-corrected chi connectivity index (χ2v) is 18.6. The molecule has 10 heterocycles. The molecule has 1 aromatic carbocycles. The van der Waals surface area contributed by atoms with Crippen molar-refractivity contribution in [2.45, 2.75) is 19.3 Å². The van der Waals surface area contributed by atoms with Crippen molar-refractivity contribution in [3.8, 4) is 52.9 Å². The number of hydrogen-bond acceptors (Lipinski definition) is 10. The van der Waals surface area contributed by atoms with E-state index >= 15 is 0 Å². The molecule has 11 rings (SSSR count). The zero-order chi connectivity index (χ0) is 47.8. The van der Waals surface area contributed by atoms with Gasteiger partial charge in [-0.15, -0.1) is 39.7 Å². The summed E-state index contributed by atoms with van der Waals surface area (Å²) in [6.07, 6.45) is -1.25. The van der Waals surface area contributed by atoms with Crippen LogP contribution in [0.3, 0.4) is 0 Å². The number of thiophene rings is 5. The van der Waals surface area contributed by atoms with Gasteiger partial charge in [-0.1, -0.05) is 98.0 Å². The van der Waals surface area contributed by atoms with Crippen LogP contribution in [0.2, 0.25) is 0 Å². The number of halogens is 6. The van der Waals surface area contributed by atoms with Crippen LogP contribution in [-0.4, -0.2) is 24.9 Å². The second-order valence-electron chi connectivity index (χ2n) is 13.6. The zero-order valence-electron chi connectivity index (χ0n) is 37.0. The van der Waals surface area contributed by atoms with E-state index in [0.717, 1.165) is 67.2 Å². The third kappa shape index (κ3) is 20.6. The van der Waals surface area contributed by atoms with Gasteiger partial charge in [0.15, 0.2) is 0 Å². The van der Waals surface area contributed by atoms with Gasteiger partial charge in [-0.25, -0.2) is 56.7 Å². The number of alkyl halides is 6. The first-order valence-electron chi connectivity index (χ1n) is 20.0. The number of nitrogens with zero attached hydrogens (tertiary/aromatic N) is 5. The van der Waals surface area contributed by atoms with Crippen molar-refractivity contribution in [2.75, 3.05) is 0 Å². The average Bonchev–Trinajstić information content (AvgIpc) is 4.24. The van der Waals surface area contributed by atoms with Crippen LogP contribution < -0.4 is 0 Å². The molecule has 73 heavy (non-hydrogen) atoms. The molecular formula is C52H32F6Ir5N5S5-5. The normalized spacial score (nSPS) is 10.1. The molecule has 0 unspecified atom stereocenters. The molecule has 0 fully saturated rings. The minimum atomic E-state index is -4.33. The van der Waals surface area contributed by atoms with E-state index in [4.69, 9.17) is 0 Å². The molecule has 5 nitrogen and oxygen atoms in total. The van der Waals surface area contributed by atoms with Crippen LogP contribution in [0.4, 0.5) is 26.3 Å². The van der Waals surface area contributed by atoms with Gasteiger partial charge in [0.25, 0.3) is 0 Å². The minimum Gasteiger partial charge on any atom is -0.319 e. The predicted octanol–water partition coefficient (Wildman–Crippen LogP) is 16.5. The Balaban J connectivity index is 0.000000309. The van der Waals surface area contributed by atoms with Crippen LogP contribution in [0.25, 0.3) is 62.9 Å². The van der Waals surface area contributed by atoms with Gasteiger partial charge in [0, 0.05) is 143 Å². The fourth-order valence-electron chi connectivity index (χ4n) is 5.60. The van der Waals surface area contributed by atoms with Crippen LogP contribution in [0, 0.1) is 37.3 Å². The molecule has 0 bridgehead atoms. The Morgan fingerprint density at radius 3 is 1.32 bits per heavy atom. The standard InChI is InChI=1S/C13H8NS.2C10H5F3NS.C10H8NS.C9H6NS.5Ir/c1-2-7-12-10(5-1)9-13(15-12)11-6-3-4-8-14-11;11-10(12,13)7-3-4-14-8(6-7)9-2-1-5-15-9;11-10(12,13)7-3-4-8(14-6-7)9-2-1-5-15-9;1-8-5-6-10(12-8)9-4-2-3-7-11-9;1-2-6-10-8(4-1)9-5-3-7-11-9;;;;;/h1-8H;2*1,3-6H;2-5,7H,1H3;1-4,6-7H;;;;;/q5*-1;;;;;. The SMILES string of the molecule is Cc1c[c-]c(-c2ccccn2)s1.FC(F)(F)c1ccc(-c2[c-]ccs2)nc1.FC(F)(F)c1ccnc(-c2[c-]ccs2)c1.[Ir].[Ir].[Ir].[Ir].[Ir].[c-]1c(-c2ccccn2)sc2ccccc12.[c-]1ccsc1-c1ccccn1. The molecule has 0 aliphatic carbocycles. The van der Waals surface area contributed by atoms with Crippen molar-refractivity contribution in [1.29, 1.82) is 0 Å². The van der Waals surface area contributed by atoms with Gasteiger partial charge in [0.2, 0.25) is 0 Å². The van der Waals surface area contributed by atoms with Crippen LogP contribution in [0.1, 0.15) is 16.0 Å². The summed E-state index contributed by atoms with van der Waals surface area (Å²) in [6.45, 7) is 2.08. The monoisotopic (exact) mass is 1960 g/mol. The molecular weight excluding hydrogens is 1930 g/mol. The smallest absolute Gasteiger partial charge is 0.319 e. The summed E-state index contributed by atoms with van der Waals surface area (Å²) in [5, 5.41) is 6.72. The number of hydrogen-bond donors (Lipinski definition) is 0. The first-order chi connectivity index (χ1) is 32.9. The summed E-state index contributed by atoms with van der Waals surface area (Å²) in [7, 11) is 0. The van der Waals surface area contributed by atoms with E-state index in [-0.39, 0.29) is 101 Å². The van der Waals surface area contributed by atoms with Crippen LogP contribution in [0.5, 0.6) is 0 Å². The summed E-state index contributed by atoms with van der Waals surface area (Å²) in [5.74, 6) is 0. The van der Waals surface area contributed by atoms with Crippen molar-refractivity contribution in [2.24, 2.45) is 0 Å². The summed E-state index contributed by atoms with van der Waals surface area (Å²) in [6, 6.07) is 53.0. The third-order valence-electron chi connectivity index (χ3n) is 8.76. The topological polar surface area (TPSA) is 64.5 Å². The fourth-order valence-corrected chi connectivity index (χ4v) is 9.31. The Labute approximate surface area is 505 Å². The van der Waals surface area contributed by atoms with Gasteiger partial charge < -0.3 is 24.9 Å². The van der Waals surface area contributed by atoms with Crippen molar-refractivity contribution in [1.82, 2.24) is 24.9 Å². The number of benzene rings is 1. The van der Waals surface area contributed by atoms with Gasteiger partial charge in [0.05, 0.1) is 5.56 Å². The molecule has 0 N–H and O–H groups in total. The third-order valence-corrected chi connectivity index (χ3v) is 13.3. The van der Waals surface area contributed by atoms with E-state index in [1.807, 2.05) is 84.4 Å². The molecule has 0 atom stereocenters. The van der Waals surface area contributed by atoms with Gasteiger partial charge >= 0.3 is 12.4 Å². The second kappa shape index (κ2) is 32.9. The largest absolute Gasteiger partial charge is 0.417 e. The van der Waals surface area contributed by atoms with E-state index < -0.39 is 23.5 Å². The van der Waals surface area contributed by atoms with Crippen LogP contribution in [-0.2, 0) is 113 Å². The maximum absolute atomic E-state index is 12.4. The average molecular weight is 1960 g/mol. The van der Waals surface area contributed by atoms with Crippen molar-refractivity contribution in [3.63, 3.8) is 0 Å². The zero-order valence-corrected chi connectivity index (χ0v) is 53.0. The van der Waals surface area contributed by atoms with Gasteiger partial charge in [-0.05, 0) is 56.6 Å². The van der Waals surface area contributed by atoms with Gasteiger partial charge in [-0.2, -0.15) is 74.9 Å². The number of aryl methyl sites for hydroxylation is 1. The van der Waals surface area contributed by atoms with Crippen molar-refractivity contribution in [3.05, 3.63) is 221 Å². The minimum absolute atomic E-state index is 0. The molecule has 10 aromatic heterocycles. The molecule has 21 heteroatoms. The Kier molecular flexibility index (Phi) is 29.6. The molecule has 387 valence electrons. The van der Waals surface area contributed by atoms with Gasteiger partial charge in [-0.3, -0.25) is 0 Å². The van der Waals surface area contributed by atoms with Crippen molar-refractivity contribution >= 4 is 66.8 Å². The molecule has 0 saturated carbocycles. The van der Waals surface area contributed by atoms with E-state index in [1.54, 1.807) is 69.3 Å². The first-order valence-corrected chi connectivity index (χ1v) is 24.2. The molecule has 11 aromatic rings. The number of aromatic nitrogens is 5. The Morgan fingerprint density at radius 2 is 0.890 bits per heavy atom. The fraction of sp³-hybridized carbons (Fsp3) is 0.0577. The van der Waals surface area contributed by atoms with Crippen LogP contribution >= 0.6 is 56.7 Å². The summed E-state index contributed by atoms with van der Waals surface area (Å²) >= 11 is 7.81. The van der Waals surface area contributed by atoms with Gasteiger partial charge in [0.1, 0.15) is 0 Å². The molecule has 0 amide bonds. The quantitative estimate of drug-likeness (QED) is 0.127. The summed E-state index contributed by atoms with van der Waals surface area (Å²) in [5.41, 5.74) is 2.41.